The van der Waals surface area contributed by atoms with Crippen LogP contribution in [-0.4, -0.2) is 36.1 Å². The molecule has 0 aliphatic heterocycles. The van der Waals surface area contributed by atoms with Gasteiger partial charge in [0.05, 0.1) is 17.9 Å². The number of carbonyl (C=O) groups excluding carboxylic acids is 4. The molecule has 2 aromatic carbocycles. The summed E-state index contributed by atoms with van der Waals surface area (Å²) in [5, 5.41) is 12.5. The lowest BCUT2D eigenvalue weighted by molar-refractivity contribution is -0.116. The van der Waals surface area contributed by atoms with E-state index in [2.05, 4.69) is 22.9 Å². The Balaban J connectivity index is 1.29. The van der Waals surface area contributed by atoms with Crippen LogP contribution in [0, 0.1) is 5.92 Å². The van der Waals surface area contributed by atoms with Crippen LogP contribution in [0.15, 0.2) is 82.0 Å². The van der Waals surface area contributed by atoms with Crippen molar-refractivity contribution in [2.45, 2.75) is 49.7 Å². The van der Waals surface area contributed by atoms with Gasteiger partial charge in [0.15, 0.2) is 0 Å². The van der Waals surface area contributed by atoms with Gasteiger partial charge in [0.2, 0.25) is 5.91 Å². The van der Waals surface area contributed by atoms with Crippen molar-refractivity contribution in [1.29, 1.82) is 0 Å². The van der Waals surface area contributed by atoms with Crippen LogP contribution in [0.4, 0.5) is 10.7 Å². The Hall–Kier alpha value is -4.19. The Labute approximate surface area is 280 Å². The molecule has 2 unspecified atom stereocenters. The van der Waals surface area contributed by atoms with Gasteiger partial charge in [-0.25, -0.2) is 4.79 Å². The monoisotopic (exact) mass is 673 g/mol. The van der Waals surface area contributed by atoms with Crippen LogP contribution in [-0.2, 0) is 27.2 Å². The van der Waals surface area contributed by atoms with Gasteiger partial charge in [-0.2, -0.15) is 11.3 Å². The van der Waals surface area contributed by atoms with Gasteiger partial charge in [-0.05, 0) is 96.0 Å². The van der Waals surface area contributed by atoms with E-state index in [4.69, 9.17) is 4.74 Å². The molecule has 0 fully saturated rings. The maximum atomic E-state index is 13.5. The molecule has 0 bridgehead atoms. The van der Waals surface area contributed by atoms with E-state index in [1.165, 1.54) is 41.5 Å². The smallest absolute Gasteiger partial charge is 0.341 e. The van der Waals surface area contributed by atoms with Crippen LogP contribution < -0.4 is 16.0 Å². The normalized spacial score (nSPS) is 14.9. The van der Waals surface area contributed by atoms with Crippen molar-refractivity contribution in [2.24, 2.45) is 5.92 Å². The molecule has 238 valence electrons. The number of ether oxygens (including phenoxy) is 1. The highest BCUT2D eigenvalue weighted by atomic mass is 32.2. The third-order valence-electron chi connectivity index (χ3n) is 7.55. The van der Waals surface area contributed by atoms with E-state index >= 15 is 0 Å². The fourth-order valence-electron chi connectivity index (χ4n) is 5.15. The molecular formula is C35H35N3O5S3. The van der Waals surface area contributed by atoms with E-state index < -0.39 is 23.0 Å². The highest BCUT2D eigenvalue weighted by Gasteiger charge is 2.30. The predicted octanol–water partition coefficient (Wildman–Crippen LogP) is 7.64. The second-order valence-corrected chi connectivity index (χ2v) is 14.1. The van der Waals surface area contributed by atoms with Gasteiger partial charge >= 0.3 is 5.97 Å². The van der Waals surface area contributed by atoms with E-state index in [0.29, 0.717) is 34.2 Å². The maximum absolute atomic E-state index is 13.5. The van der Waals surface area contributed by atoms with Gasteiger partial charge in [0.25, 0.3) is 11.8 Å². The highest BCUT2D eigenvalue weighted by Crippen LogP contribution is 2.40. The summed E-state index contributed by atoms with van der Waals surface area (Å²) in [6, 6.07) is 17.8. The van der Waals surface area contributed by atoms with Gasteiger partial charge < -0.3 is 20.7 Å². The van der Waals surface area contributed by atoms with Crippen LogP contribution in [0.2, 0.25) is 0 Å². The number of carbonyl (C=O) groups is 4. The molecule has 8 nitrogen and oxygen atoms in total. The number of fused-ring (bicyclic) bond motifs is 1. The summed E-state index contributed by atoms with van der Waals surface area (Å²) in [5.41, 5.74) is 3.31. The SMILES string of the molecule is CCC(Sc1cccc(NC(=O)/C(=C/c2ccsc2)NC(=O)c2ccccc2)c1)C(=O)Nc1sc2c(c1C(=O)OC)CCC(C)C2. The molecule has 46 heavy (non-hydrogen) atoms. The van der Waals surface area contributed by atoms with Gasteiger partial charge in [-0.1, -0.05) is 38.1 Å². The van der Waals surface area contributed by atoms with Crippen LogP contribution in [0.1, 0.15) is 63.4 Å². The number of thioether (sulfide) groups is 1. The van der Waals surface area contributed by atoms with Crippen LogP contribution in [0.3, 0.4) is 0 Å². The first kappa shape index (κ1) is 33.2. The van der Waals surface area contributed by atoms with Crippen LogP contribution >= 0.6 is 34.4 Å². The average molecular weight is 674 g/mol. The molecule has 3 amide bonds. The Bertz CT molecular complexity index is 1750. The van der Waals surface area contributed by atoms with Crippen molar-refractivity contribution in [2.75, 3.05) is 17.7 Å². The summed E-state index contributed by atoms with van der Waals surface area (Å²) < 4.78 is 5.08. The first-order chi connectivity index (χ1) is 22.2. The first-order valence-corrected chi connectivity index (χ1v) is 17.6. The van der Waals surface area contributed by atoms with Crippen molar-refractivity contribution in [1.82, 2.24) is 5.32 Å². The zero-order valence-electron chi connectivity index (χ0n) is 25.8. The fraction of sp³-hybridized carbons (Fsp3) is 0.257. The molecule has 4 aromatic rings. The lowest BCUT2D eigenvalue weighted by Crippen LogP contribution is -2.30. The average Bonchev–Trinajstić information content (AvgIpc) is 3.70. The maximum Gasteiger partial charge on any atom is 0.341 e. The Morgan fingerprint density at radius 3 is 2.59 bits per heavy atom. The molecule has 0 saturated heterocycles. The summed E-state index contributed by atoms with van der Waals surface area (Å²) in [6.07, 6.45) is 4.84. The number of methoxy groups -OCH3 is 1. The van der Waals surface area contributed by atoms with E-state index in [-0.39, 0.29) is 11.6 Å². The molecule has 11 heteroatoms. The summed E-state index contributed by atoms with van der Waals surface area (Å²) in [5.74, 6) is -0.986. The number of nitrogens with one attached hydrogen (secondary N) is 3. The van der Waals surface area contributed by atoms with Crippen molar-refractivity contribution in [3.63, 3.8) is 0 Å². The second kappa shape index (κ2) is 15.4. The quantitative estimate of drug-likeness (QED) is 0.0857. The zero-order chi connectivity index (χ0) is 32.6. The van der Waals surface area contributed by atoms with Crippen molar-refractivity contribution >= 4 is 74.9 Å². The third kappa shape index (κ3) is 8.14. The second-order valence-electron chi connectivity index (χ2n) is 11.0. The predicted molar refractivity (Wildman–Crippen MR) is 187 cm³/mol. The molecule has 2 aromatic heterocycles. The number of hydrogen-bond donors (Lipinski definition) is 3. The van der Waals surface area contributed by atoms with Gasteiger partial charge in [-0.3, -0.25) is 14.4 Å². The minimum atomic E-state index is -0.478. The number of amides is 3. The summed E-state index contributed by atoms with van der Waals surface area (Å²) >= 11 is 4.33. The Morgan fingerprint density at radius 2 is 1.87 bits per heavy atom. The molecule has 0 radical (unpaired) electrons. The van der Waals surface area contributed by atoms with E-state index in [1.54, 1.807) is 48.5 Å². The molecule has 1 aliphatic rings. The number of benzene rings is 2. The minimum absolute atomic E-state index is 0.102. The number of esters is 1. The first-order valence-electron chi connectivity index (χ1n) is 15.0. The highest BCUT2D eigenvalue weighted by molar-refractivity contribution is 8.00. The minimum Gasteiger partial charge on any atom is -0.465 e. The zero-order valence-corrected chi connectivity index (χ0v) is 28.2. The number of hydrogen-bond acceptors (Lipinski definition) is 8. The molecule has 2 atom stereocenters. The largest absolute Gasteiger partial charge is 0.465 e. The topological polar surface area (TPSA) is 114 Å². The van der Waals surface area contributed by atoms with Gasteiger partial charge in [0.1, 0.15) is 10.7 Å². The van der Waals surface area contributed by atoms with Gasteiger partial charge in [0, 0.05) is 21.0 Å². The summed E-state index contributed by atoms with van der Waals surface area (Å²) in [4.78, 5) is 54.5. The van der Waals surface area contributed by atoms with Crippen molar-refractivity contribution < 1.29 is 23.9 Å². The summed E-state index contributed by atoms with van der Waals surface area (Å²) in [7, 11) is 1.36. The van der Waals surface area contributed by atoms with E-state index in [1.807, 2.05) is 35.9 Å². The molecule has 0 spiro atoms. The van der Waals surface area contributed by atoms with Crippen molar-refractivity contribution in [3.05, 3.63) is 104 Å². The van der Waals surface area contributed by atoms with E-state index in [9.17, 15) is 19.2 Å². The molecule has 5 rings (SSSR count). The fourth-order valence-corrected chi connectivity index (χ4v) is 8.18. The number of rotatable bonds is 11. The lowest BCUT2D eigenvalue weighted by atomic mass is 9.88. The summed E-state index contributed by atoms with van der Waals surface area (Å²) in [6.45, 7) is 4.13. The number of anilines is 2. The van der Waals surface area contributed by atoms with Crippen molar-refractivity contribution in [3.8, 4) is 0 Å². The lowest BCUT2D eigenvalue weighted by Gasteiger charge is -2.18. The molecule has 3 N–H and O–H groups in total. The Morgan fingerprint density at radius 1 is 1.07 bits per heavy atom. The molecule has 0 saturated carbocycles. The molecule has 1 aliphatic carbocycles. The van der Waals surface area contributed by atoms with Crippen LogP contribution in [0.25, 0.3) is 6.08 Å². The Kier molecular flexibility index (Phi) is 11.1. The van der Waals surface area contributed by atoms with Gasteiger partial charge in [-0.15, -0.1) is 23.1 Å². The van der Waals surface area contributed by atoms with E-state index in [0.717, 1.165) is 40.2 Å². The molecular weight excluding hydrogens is 639 g/mol. The third-order valence-corrected chi connectivity index (χ3v) is 10.8. The standard InChI is InChI=1S/C35H35N3O5S3/c1-4-28(33(41)38-34-30(35(42)43-3)26-14-13-21(2)17-29(26)46-34)45-25-12-8-11-24(19-25)36-32(40)27(18-22-15-16-44-20-22)37-31(39)23-9-6-5-7-10-23/h5-12,15-16,18-21,28H,4,13-14,17H2,1-3H3,(H,36,40)(H,37,39)(H,38,41)/b27-18-. The van der Waals surface area contributed by atoms with Crippen LogP contribution in [0.5, 0.6) is 0 Å². The molecule has 2 heterocycles. The number of thiophene rings is 2.